The van der Waals surface area contributed by atoms with E-state index in [1.54, 1.807) is 85.8 Å². The second-order valence-electron chi connectivity index (χ2n) is 10.8. The molecule has 45 heavy (non-hydrogen) atoms. The number of carbonyl (C=O) groups excluding carboxylic acids is 2. The highest BCUT2D eigenvalue weighted by Gasteiger charge is 2.45. The minimum Gasteiger partial charge on any atom is -0.467 e. The monoisotopic (exact) mass is 662 g/mol. The second kappa shape index (κ2) is 14.0. The number of ether oxygens (including phenoxy) is 1. The van der Waals surface area contributed by atoms with Crippen LogP contribution in [0.4, 0.5) is 0 Å². The standard InChI is InChI=1S/C35H32Cl2N2O5S/c1-23-9-6-7-14-32(23)45(42,43)39-31(25-15-17-27(36)18-16-25)20-19-29(33(39)26-12-8-13-28(37)22-26)34(40)38-30(35(41)44-2)21-24-10-4-3-5-11-24/h3-19,22,30-31,33H,20-21H2,1-2H3,(H,38,40)/t30-,31?,33?/m0/s1. The van der Waals surface area contributed by atoms with Gasteiger partial charge in [0.2, 0.25) is 15.9 Å². The Morgan fingerprint density at radius 3 is 2.24 bits per heavy atom. The average molecular weight is 664 g/mol. The third-order valence-electron chi connectivity index (χ3n) is 7.82. The predicted octanol–water partition coefficient (Wildman–Crippen LogP) is 7.01. The van der Waals surface area contributed by atoms with Gasteiger partial charge in [-0.1, -0.05) is 102 Å². The molecule has 7 nitrogen and oxygen atoms in total. The Bertz CT molecular complexity index is 1830. The van der Waals surface area contributed by atoms with E-state index in [9.17, 15) is 18.0 Å². The quantitative estimate of drug-likeness (QED) is 0.195. The molecule has 1 aliphatic rings. The summed E-state index contributed by atoms with van der Waals surface area (Å²) in [6, 6.07) is 27.0. The maximum Gasteiger partial charge on any atom is 0.328 e. The van der Waals surface area contributed by atoms with E-state index < -0.39 is 40.0 Å². The van der Waals surface area contributed by atoms with E-state index in [2.05, 4.69) is 5.32 Å². The molecule has 1 heterocycles. The number of rotatable bonds is 9. The van der Waals surface area contributed by atoms with Gasteiger partial charge in [0.25, 0.3) is 0 Å². The molecule has 1 amide bonds. The van der Waals surface area contributed by atoms with Crippen molar-refractivity contribution in [2.24, 2.45) is 0 Å². The molecule has 1 N–H and O–H groups in total. The molecule has 0 saturated carbocycles. The first-order valence-corrected chi connectivity index (χ1v) is 16.5. The van der Waals surface area contributed by atoms with Gasteiger partial charge in [0, 0.05) is 22.0 Å². The minimum atomic E-state index is -4.23. The lowest BCUT2D eigenvalue weighted by Gasteiger charge is -2.41. The number of hydrogen-bond acceptors (Lipinski definition) is 5. The van der Waals surface area contributed by atoms with Crippen molar-refractivity contribution in [3.05, 3.63) is 147 Å². The van der Waals surface area contributed by atoms with E-state index in [4.69, 9.17) is 27.9 Å². The van der Waals surface area contributed by atoms with Crippen LogP contribution in [0.15, 0.2) is 120 Å². The van der Waals surface area contributed by atoms with E-state index in [1.807, 2.05) is 30.3 Å². The van der Waals surface area contributed by atoms with Crippen LogP contribution in [0, 0.1) is 6.92 Å². The maximum atomic E-state index is 14.7. The van der Waals surface area contributed by atoms with Crippen LogP contribution < -0.4 is 5.32 Å². The first kappa shape index (κ1) is 32.4. The van der Waals surface area contributed by atoms with Gasteiger partial charge in [-0.15, -0.1) is 0 Å². The van der Waals surface area contributed by atoms with Crippen LogP contribution in [0.5, 0.6) is 0 Å². The summed E-state index contributed by atoms with van der Waals surface area (Å²) in [6.07, 6.45) is 2.11. The number of sulfonamides is 1. The predicted molar refractivity (Wildman–Crippen MR) is 175 cm³/mol. The fraction of sp³-hybridized carbons (Fsp3) is 0.200. The minimum absolute atomic E-state index is 0.120. The SMILES string of the molecule is COC(=O)[C@H](Cc1ccccc1)NC(=O)C1=CCC(c2ccc(Cl)cc2)N(S(=O)(=O)c2ccccc2C)C1c1cccc(Cl)c1. The zero-order valence-corrected chi connectivity index (χ0v) is 27.0. The fourth-order valence-corrected chi connectivity index (χ4v) is 7.98. The van der Waals surface area contributed by atoms with Gasteiger partial charge < -0.3 is 10.1 Å². The van der Waals surface area contributed by atoms with Crippen molar-refractivity contribution in [3.8, 4) is 0 Å². The Kier molecular flexibility index (Phi) is 10.1. The van der Waals surface area contributed by atoms with E-state index in [0.29, 0.717) is 26.7 Å². The molecule has 0 fully saturated rings. The van der Waals surface area contributed by atoms with Gasteiger partial charge in [-0.3, -0.25) is 4.79 Å². The lowest BCUT2D eigenvalue weighted by atomic mass is 9.88. The van der Waals surface area contributed by atoms with Crippen molar-refractivity contribution in [2.45, 2.75) is 42.8 Å². The van der Waals surface area contributed by atoms with Gasteiger partial charge >= 0.3 is 5.97 Å². The Morgan fingerprint density at radius 2 is 1.58 bits per heavy atom. The summed E-state index contributed by atoms with van der Waals surface area (Å²) in [6.45, 7) is 1.73. The number of nitrogens with one attached hydrogen (secondary N) is 1. The van der Waals surface area contributed by atoms with Gasteiger partial charge in [0.15, 0.2) is 0 Å². The molecule has 0 saturated heterocycles. The third kappa shape index (κ3) is 7.15. The molecule has 0 aliphatic carbocycles. The summed E-state index contributed by atoms with van der Waals surface area (Å²) < 4.78 is 35.9. The Hall–Kier alpha value is -3.95. The van der Waals surface area contributed by atoms with E-state index in [0.717, 1.165) is 5.56 Å². The van der Waals surface area contributed by atoms with Gasteiger partial charge in [-0.25, -0.2) is 13.2 Å². The molecule has 4 aromatic rings. The van der Waals surface area contributed by atoms with Crippen LogP contribution in [0.1, 0.15) is 40.8 Å². The van der Waals surface area contributed by atoms with Gasteiger partial charge in [0.05, 0.1) is 24.1 Å². The summed E-state index contributed by atoms with van der Waals surface area (Å²) in [7, 11) is -2.97. The van der Waals surface area contributed by atoms with E-state index >= 15 is 0 Å². The number of methoxy groups -OCH3 is 1. The van der Waals surface area contributed by atoms with E-state index in [-0.39, 0.29) is 23.3 Å². The lowest BCUT2D eigenvalue weighted by molar-refractivity contribution is -0.144. The van der Waals surface area contributed by atoms with Crippen molar-refractivity contribution in [2.75, 3.05) is 7.11 Å². The first-order chi connectivity index (χ1) is 21.6. The van der Waals surface area contributed by atoms with Crippen molar-refractivity contribution in [1.82, 2.24) is 9.62 Å². The highest BCUT2D eigenvalue weighted by atomic mass is 35.5. The Labute approximate surface area is 273 Å². The molecule has 10 heteroatoms. The zero-order valence-electron chi connectivity index (χ0n) is 24.7. The molecule has 0 bridgehead atoms. The zero-order chi connectivity index (χ0) is 32.1. The summed E-state index contributed by atoms with van der Waals surface area (Å²) in [5, 5.41) is 3.72. The van der Waals surface area contributed by atoms with Crippen LogP contribution in [-0.4, -0.2) is 37.8 Å². The van der Waals surface area contributed by atoms with Crippen LogP contribution in [0.2, 0.25) is 10.0 Å². The highest BCUT2D eigenvalue weighted by molar-refractivity contribution is 7.89. The fourth-order valence-electron chi connectivity index (χ4n) is 5.65. The van der Waals surface area contributed by atoms with Crippen molar-refractivity contribution in [1.29, 1.82) is 0 Å². The largest absolute Gasteiger partial charge is 0.467 e. The number of amides is 1. The number of hydrogen-bond donors (Lipinski definition) is 1. The van der Waals surface area contributed by atoms with Crippen LogP contribution >= 0.6 is 23.2 Å². The molecule has 5 rings (SSSR count). The summed E-state index contributed by atoms with van der Waals surface area (Å²) in [5.41, 5.74) is 2.75. The smallest absolute Gasteiger partial charge is 0.328 e. The van der Waals surface area contributed by atoms with Crippen molar-refractivity contribution >= 4 is 45.1 Å². The molecule has 0 radical (unpaired) electrons. The first-order valence-electron chi connectivity index (χ1n) is 14.3. The molecule has 3 atom stereocenters. The molecule has 4 aromatic carbocycles. The molecular formula is C35H32Cl2N2O5S. The molecule has 0 aromatic heterocycles. The number of esters is 1. The van der Waals surface area contributed by atoms with Crippen molar-refractivity contribution in [3.63, 3.8) is 0 Å². The van der Waals surface area contributed by atoms with Gasteiger partial charge in [-0.2, -0.15) is 4.31 Å². The summed E-state index contributed by atoms with van der Waals surface area (Å²) in [4.78, 5) is 27.2. The highest BCUT2D eigenvalue weighted by Crippen LogP contribution is 2.46. The van der Waals surface area contributed by atoms with Gasteiger partial charge in [-0.05, 0) is 65.9 Å². The average Bonchev–Trinajstić information content (AvgIpc) is 3.04. The molecule has 0 spiro atoms. The normalized spacial score (nSPS) is 17.6. The molecule has 2 unspecified atom stereocenters. The Morgan fingerprint density at radius 1 is 0.889 bits per heavy atom. The summed E-state index contributed by atoms with van der Waals surface area (Å²) in [5.74, 6) is -1.21. The van der Waals surface area contributed by atoms with Crippen LogP contribution in [-0.2, 0) is 30.8 Å². The molecular weight excluding hydrogens is 631 g/mol. The second-order valence-corrected chi connectivity index (χ2v) is 13.4. The van der Waals surface area contributed by atoms with Crippen molar-refractivity contribution < 1.29 is 22.7 Å². The number of benzene rings is 4. The molecule has 1 aliphatic heterocycles. The van der Waals surface area contributed by atoms with Gasteiger partial charge in [0.1, 0.15) is 6.04 Å². The Balaban J connectivity index is 1.66. The maximum absolute atomic E-state index is 14.7. The topological polar surface area (TPSA) is 92.8 Å². The molecule has 232 valence electrons. The van der Waals surface area contributed by atoms with Crippen LogP contribution in [0.25, 0.3) is 0 Å². The third-order valence-corrected chi connectivity index (χ3v) is 10.3. The summed E-state index contributed by atoms with van der Waals surface area (Å²) >= 11 is 12.6. The number of carbonyl (C=O) groups is 2. The van der Waals surface area contributed by atoms with Crippen LogP contribution in [0.3, 0.4) is 0 Å². The lowest BCUT2D eigenvalue weighted by Crippen LogP contribution is -2.48. The number of nitrogens with zero attached hydrogens (tertiary/aromatic N) is 1. The van der Waals surface area contributed by atoms with E-state index in [1.165, 1.54) is 11.4 Å². The number of halogens is 2. The number of aryl methyl sites for hydroxylation is 1.